The minimum absolute atomic E-state index is 0.152. The molecular weight excluding hydrogens is 228 g/mol. The largest absolute Gasteiger partial charge is 0.296 e. The van der Waals surface area contributed by atoms with E-state index in [1.54, 1.807) is 24.3 Å². The molecule has 0 heterocycles. The molecule has 2 aromatic carbocycles. The Balaban J connectivity index is 2.94. The number of hydrogen-bond acceptors (Lipinski definition) is 3. The van der Waals surface area contributed by atoms with Crippen molar-refractivity contribution in [2.75, 3.05) is 0 Å². The van der Waals surface area contributed by atoms with Gasteiger partial charge >= 0.3 is 0 Å². The van der Waals surface area contributed by atoms with Crippen molar-refractivity contribution in [2.24, 2.45) is 5.11 Å². The molecule has 0 aliphatic heterocycles. The third kappa shape index (κ3) is 1.68. The fraction of sp³-hybridized carbons (Fsp3) is 0. The lowest BCUT2D eigenvalue weighted by atomic mass is 10.1. The second kappa shape index (κ2) is 3.66. The second-order valence-corrected chi connectivity index (χ2v) is 4.60. The third-order valence-corrected chi connectivity index (χ3v) is 3.13. The highest BCUT2D eigenvalue weighted by molar-refractivity contribution is 7.86. The van der Waals surface area contributed by atoms with Gasteiger partial charge in [0.05, 0.1) is 0 Å². The Hall–Kier alpha value is -1.79. The van der Waals surface area contributed by atoms with E-state index in [2.05, 4.69) is 5.11 Å². The zero-order valence-corrected chi connectivity index (χ0v) is 8.85. The maximum atomic E-state index is 11.0. The van der Waals surface area contributed by atoms with Gasteiger partial charge in [-0.05, 0) is 17.0 Å². The van der Waals surface area contributed by atoms with Crippen LogP contribution in [0, 0.1) is 0 Å². The maximum absolute atomic E-state index is 11.0. The molecule has 1 N–H and O–H groups in total. The van der Waals surface area contributed by atoms with Crippen molar-refractivity contribution in [3.8, 4) is 0 Å². The third-order valence-electron chi connectivity index (χ3n) is 2.24. The van der Waals surface area contributed by atoms with Crippen molar-refractivity contribution in [1.29, 1.82) is 0 Å². The minimum atomic E-state index is -4.39. The molecule has 0 aromatic heterocycles. The molecule has 16 heavy (non-hydrogen) atoms. The molecule has 0 amide bonds. The Morgan fingerprint density at radius 2 is 1.81 bits per heavy atom. The van der Waals surface area contributed by atoms with Gasteiger partial charge in [0.15, 0.2) is 0 Å². The van der Waals surface area contributed by atoms with Crippen molar-refractivity contribution >= 4 is 26.6 Å². The van der Waals surface area contributed by atoms with Crippen LogP contribution in [0.4, 0.5) is 5.69 Å². The first-order valence-corrected chi connectivity index (χ1v) is 5.82. The highest BCUT2D eigenvalue weighted by atomic mass is 32.2. The van der Waals surface area contributed by atoms with E-state index in [-0.39, 0.29) is 5.69 Å². The summed E-state index contributed by atoms with van der Waals surface area (Å²) in [4.78, 5) is -0.409. The Bertz CT molecular complexity index is 665. The van der Waals surface area contributed by atoms with Crippen LogP contribution in [0.3, 0.4) is 0 Å². The van der Waals surface area contributed by atoms with E-state index in [9.17, 15) is 8.42 Å². The van der Waals surface area contributed by atoms with E-state index in [0.717, 1.165) is 5.39 Å². The van der Waals surface area contributed by atoms with E-state index in [1.165, 1.54) is 12.1 Å². The van der Waals surface area contributed by atoms with Gasteiger partial charge in [0.2, 0.25) is 0 Å². The number of rotatable bonds is 2. The van der Waals surface area contributed by atoms with Gasteiger partial charge in [-0.25, -0.2) is 0 Å². The van der Waals surface area contributed by atoms with Crippen molar-refractivity contribution in [2.45, 2.75) is 4.90 Å². The molecular formula is C10H7N2O3S. The number of fused-ring (bicyclic) bond motifs is 1. The summed E-state index contributed by atoms with van der Waals surface area (Å²) in [5.74, 6) is 0. The number of benzene rings is 2. The lowest BCUT2D eigenvalue weighted by Crippen LogP contribution is -1.98. The molecule has 0 saturated heterocycles. The fourth-order valence-corrected chi connectivity index (χ4v) is 2.18. The first-order valence-electron chi connectivity index (χ1n) is 4.38. The van der Waals surface area contributed by atoms with Crippen LogP contribution in [0.25, 0.3) is 10.8 Å². The van der Waals surface area contributed by atoms with E-state index in [1.807, 2.05) is 0 Å². The highest BCUT2D eigenvalue weighted by Crippen LogP contribution is 2.32. The summed E-state index contributed by atoms with van der Waals surface area (Å²) in [6, 6.07) is 9.55. The molecule has 2 aromatic rings. The van der Waals surface area contributed by atoms with E-state index in [0.29, 0.717) is 5.39 Å². The molecule has 0 aliphatic carbocycles. The van der Waals surface area contributed by atoms with Crippen LogP contribution in [0.1, 0.15) is 0 Å². The minimum Gasteiger partial charge on any atom is -0.282 e. The number of hydrogen-bond donors (Lipinski definition) is 1. The summed E-state index contributed by atoms with van der Waals surface area (Å²) in [6.45, 7) is 0. The molecule has 81 valence electrons. The van der Waals surface area contributed by atoms with Crippen molar-refractivity contribution in [3.05, 3.63) is 36.4 Å². The van der Waals surface area contributed by atoms with Crippen LogP contribution in [0.5, 0.6) is 0 Å². The zero-order valence-electron chi connectivity index (χ0n) is 8.03. The summed E-state index contributed by atoms with van der Waals surface area (Å²) in [5.41, 5.74) is 8.68. The monoisotopic (exact) mass is 235 g/mol. The average molecular weight is 235 g/mol. The fourth-order valence-electron chi connectivity index (χ4n) is 1.55. The van der Waals surface area contributed by atoms with E-state index in [4.69, 9.17) is 10.1 Å². The lowest BCUT2D eigenvalue weighted by Gasteiger charge is -2.04. The van der Waals surface area contributed by atoms with Crippen LogP contribution >= 0.6 is 0 Å². The summed E-state index contributed by atoms with van der Waals surface area (Å²) in [7, 11) is -4.39. The second-order valence-electron chi connectivity index (χ2n) is 3.21. The maximum Gasteiger partial charge on any atom is 0.296 e. The van der Waals surface area contributed by atoms with Gasteiger partial charge in [-0.15, -0.1) is 5.11 Å². The van der Waals surface area contributed by atoms with Crippen molar-refractivity contribution < 1.29 is 13.0 Å². The Labute approximate surface area is 92.0 Å². The molecule has 0 unspecified atom stereocenters. The van der Waals surface area contributed by atoms with Crippen LogP contribution in [-0.4, -0.2) is 13.0 Å². The molecule has 2 rings (SSSR count). The standard InChI is InChI=1S/C10H7N2O3S/c11-12-10-8-4-2-1-3-7(8)5-6-9(10)16(13,14)15/h1-6H,(H,13,14,15). The Morgan fingerprint density at radius 3 is 2.44 bits per heavy atom. The zero-order chi connectivity index (χ0) is 11.8. The Morgan fingerprint density at radius 1 is 1.12 bits per heavy atom. The van der Waals surface area contributed by atoms with Gasteiger partial charge < -0.3 is 0 Å². The molecule has 5 nitrogen and oxygen atoms in total. The van der Waals surface area contributed by atoms with E-state index >= 15 is 0 Å². The molecule has 1 radical (unpaired) electrons. The molecule has 0 saturated carbocycles. The van der Waals surface area contributed by atoms with Crippen LogP contribution in [0.2, 0.25) is 0 Å². The molecule has 0 aliphatic rings. The van der Waals surface area contributed by atoms with Crippen LogP contribution < -0.4 is 5.53 Å². The first-order chi connectivity index (χ1) is 7.54. The normalized spacial score (nSPS) is 11.6. The first kappa shape index (κ1) is 10.7. The SMILES string of the molecule is [N]=Nc1c(S(=O)(=O)O)ccc2ccccc12. The van der Waals surface area contributed by atoms with Gasteiger partial charge in [0, 0.05) is 5.39 Å². The Kier molecular flexibility index (Phi) is 2.45. The van der Waals surface area contributed by atoms with Crippen LogP contribution in [0.15, 0.2) is 46.4 Å². The van der Waals surface area contributed by atoms with Gasteiger partial charge in [0.25, 0.3) is 10.1 Å². The number of nitrogens with zero attached hydrogens (tertiary/aromatic N) is 2. The summed E-state index contributed by atoms with van der Waals surface area (Å²) < 4.78 is 31.0. The van der Waals surface area contributed by atoms with E-state index < -0.39 is 15.0 Å². The quantitative estimate of drug-likeness (QED) is 0.637. The topological polar surface area (TPSA) is 89.0 Å². The average Bonchev–Trinajstić information content (AvgIpc) is 2.26. The van der Waals surface area contributed by atoms with Gasteiger partial charge in [-0.1, -0.05) is 30.3 Å². The smallest absolute Gasteiger partial charge is 0.282 e. The highest BCUT2D eigenvalue weighted by Gasteiger charge is 2.17. The summed E-state index contributed by atoms with van der Waals surface area (Å²) in [6.07, 6.45) is 0. The van der Waals surface area contributed by atoms with Gasteiger partial charge in [0.1, 0.15) is 10.6 Å². The van der Waals surface area contributed by atoms with Crippen molar-refractivity contribution in [3.63, 3.8) is 0 Å². The summed E-state index contributed by atoms with van der Waals surface area (Å²) >= 11 is 0. The predicted molar refractivity (Wildman–Crippen MR) is 58.0 cm³/mol. The molecule has 0 fully saturated rings. The molecule has 6 heteroatoms. The van der Waals surface area contributed by atoms with Crippen LogP contribution in [-0.2, 0) is 10.1 Å². The molecule has 0 atom stereocenters. The van der Waals surface area contributed by atoms with Gasteiger partial charge in [-0.3, -0.25) is 4.55 Å². The predicted octanol–water partition coefficient (Wildman–Crippen LogP) is 1.97. The van der Waals surface area contributed by atoms with Gasteiger partial charge in [-0.2, -0.15) is 8.42 Å². The molecule has 0 spiro atoms. The summed E-state index contributed by atoms with van der Waals surface area (Å²) in [5, 5.41) is 4.11. The molecule has 0 bridgehead atoms. The lowest BCUT2D eigenvalue weighted by molar-refractivity contribution is 0.483. The van der Waals surface area contributed by atoms with Crippen molar-refractivity contribution in [1.82, 2.24) is 5.53 Å².